The van der Waals surface area contributed by atoms with Gasteiger partial charge >= 0.3 is 0 Å². The molecule has 1 fully saturated rings. The topological polar surface area (TPSA) is 83.1 Å². The van der Waals surface area contributed by atoms with Crippen LogP contribution in [0.15, 0.2) is 60.8 Å². The molecule has 0 aliphatic heterocycles. The number of pyridine rings is 1. The lowest BCUT2D eigenvalue weighted by molar-refractivity contribution is -0.121. The van der Waals surface area contributed by atoms with Crippen molar-refractivity contribution in [3.05, 3.63) is 71.4 Å². The summed E-state index contributed by atoms with van der Waals surface area (Å²) in [5.41, 5.74) is 2.54. The molecule has 0 radical (unpaired) electrons. The molecule has 166 valence electrons. The molecule has 1 heterocycles. The van der Waals surface area contributed by atoms with Gasteiger partial charge in [-0.25, -0.2) is 0 Å². The van der Waals surface area contributed by atoms with Crippen LogP contribution in [0.5, 0.6) is 0 Å². The number of carbonyl (C=O) groups is 2. The number of nitrogens with one attached hydrogen (secondary N) is 3. The zero-order chi connectivity index (χ0) is 22.3. The summed E-state index contributed by atoms with van der Waals surface area (Å²) in [4.78, 5) is 28.7. The van der Waals surface area contributed by atoms with Crippen molar-refractivity contribution < 1.29 is 9.59 Å². The molecule has 7 heteroatoms. The second-order valence-corrected chi connectivity index (χ2v) is 8.59. The molecule has 32 heavy (non-hydrogen) atoms. The van der Waals surface area contributed by atoms with Gasteiger partial charge in [0, 0.05) is 52.9 Å². The van der Waals surface area contributed by atoms with Crippen LogP contribution in [0.3, 0.4) is 0 Å². The molecule has 1 aliphatic rings. The molecule has 0 spiro atoms. The first kappa shape index (κ1) is 22.1. The van der Waals surface area contributed by atoms with Gasteiger partial charge in [-0.3, -0.25) is 14.6 Å². The van der Waals surface area contributed by atoms with E-state index in [1.165, 1.54) is 0 Å². The maximum Gasteiger partial charge on any atom is 0.251 e. The van der Waals surface area contributed by atoms with Crippen molar-refractivity contribution in [1.82, 2.24) is 15.6 Å². The predicted octanol–water partition coefficient (Wildman–Crippen LogP) is 4.55. The number of hydrogen-bond donors (Lipinski definition) is 3. The number of aromatic nitrogens is 1. The number of carbonyl (C=O) groups excluding carboxylic acids is 2. The lowest BCUT2D eigenvalue weighted by atomic mass is 9.90. The summed E-state index contributed by atoms with van der Waals surface area (Å²) in [6.07, 6.45) is 5.88. The zero-order valence-electron chi connectivity index (χ0n) is 17.8. The molecule has 0 unspecified atom stereocenters. The van der Waals surface area contributed by atoms with E-state index in [0.717, 1.165) is 42.3 Å². The van der Waals surface area contributed by atoms with Crippen molar-refractivity contribution in [1.29, 1.82) is 0 Å². The second-order valence-electron chi connectivity index (χ2n) is 8.15. The molecule has 6 nitrogen and oxygen atoms in total. The van der Waals surface area contributed by atoms with Crippen molar-refractivity contribution in [2.75, 3.05) is 11.9 Å². The lowest BCUT2D eigenvalue weighted by Crippen LogP contribution is -2.41. The van der Waals surface area contributed by atoms with E-state index in [2.05, 4.69) is 20.9 Å². The Bertz CT molecular complexity index is 1080. The minimum Gasteiger partial charge on any atom is -0.382 e. The number of nitrogens with zero attached hydrogens (tertiary/aromatic N) is 1. The van der Waals surface area contributed by atoms with Gasteiger partial charge in [-0.05, 0) is 62.1 Å². The first-order valence-electron chi connectivity index (χ1n) is 11.0. The van der Waals surface area contributed by atoms with Crippen LogP contribution in [0.25, 0.3) is 10.9 Å². The fourth-order valence-corrected chi connectivity index (χ4v) is 4.30. The van der Waals surface area contributed by atoms with Crippen LogP contribution >= 0.6 is 11.6 Å². The normalized spacial score (nSPS) is 18.2. The van der Waals surface area contributed by atoms with Crippen LogP contribution in [-0.2, 0) is 4.79 Å². The second kappa shape index (κ2) is 10.5. The zero-order valence-corrected chi connectivity index (χ0v) is 18.6. The molecule has 1 aliphatic carbocycles. The third-order valence-electron chi connectivity index (χ3n) is 5.83. The van der Waals surface area contributed by atoms with Crippen LogP contribution < -0.4 is 16.0 Å². The van der Waals surface area contributed by atoms with Crippen LogP contribution in [0.4, 0.5) is 5.69 Å². The first-order valence-corrected chi connectivity index (χ1v) is 11.4. The van der Waals surface area contributed by atoms with E-state index >= 15 is 0 Å². The van der Waals surface area contributed by atoms with Gasteiger partial charge in [0.05, 0.1) is 5.52 Å². The van der Waals surface area contributed by atoms with Gasteiger partial charge in [0.1, 0.15) is 0 Å². The maximum absolute atomic E-state index is 12.3. The Morgan fingerprint density at radius 3 is 2.50 bits per heavy atom. The Kier molecular flexibility index (Phi) is 7.22. The minimum absolute atomic E-state index is 0.0215. The van der Waals surface area contributed by atoms with Gasteiger partial charge < -0.3 is 16.0 Å². The molecule has 4 rings (SSSR count). The van der Waals surface area contributed by atoms with E-state index in [1.54, 1.807) is 18.3 Å². The third-order valence-corrected chi connectivity index (χ3v) is 6.07. The van der Waals surface area contributed by atoms with Crippen molar-refractivity contribution >= 4 is 40.0 Å². The number of anilines is 1. The highest BCUT2D eigenvalue weighted by molar-refractivity contribution is 6.31. The van der Waals surface area contributed by atoms with Crippen molar-refractivity contribution in [2.24, 2.45) is 0 Å². The van der Waals surface area contributed by atoms with Crippen molar-refractivity contribution in [3.63, 3.8) is 0 Å². The van der Waals surface area contributed by atoms with E-state index in [1.807, 2.05) is 42.5 Å². The Balaban J connectivity index is 1.20. The molecule has 0 bridgehead atoms. The van der Waals surface area contributed by atoms with E-state index in [4.69, 9.17) is 11.6 Å². The van der Waals surface area contributed by atoms with Gasteiger partial charge in [-0.2, -0.15) is 0 Å². The first-order chi connectivity index (χ1) is 15.6. The van der Waals surface area contributed by atoms with Crippen LogP contribution in [0.2, 0.25) is 5.02 Å². The average molecular weight is 451 g/mol. The van der Waals surface area contributed by atoms with E-state index in [9.17, 15) is 9.59 Å². The molecular weight excluding hydrogens is 424 g/mol. The fourth-order valence-electron chi connectivity index (χ4n) is 4.13. The SMILES string of the molecule is O=C(CCNC(=O)c1ccccc1)N[C@H]1CC[C@@H](Nc2ccnc3cc(Cl)ccc23)CC1. The molecule has 1 aromatic heterocycles. The summed E-state index contributed by atoms with van der Waals surface area (Å²) in [5, 5.41) is 11.3. The van der Waals surface area contributed by atoms with E-state index in [-0.39, 0.29) is 24.3 Å². The smallest absolute Gasteiger partial charge is 0.251 e. The highest BCUT2D eigenvalue weighted by Crippen LogP contribution is 2.28. The molecule has 0 atom stereocenters. The van der Waals surface area contributed by atoms with Crippen molar-refractivity contribution in [2.45, 2.75) is 44.2 Å². The predicted molar refractivity (Wildman–Crippen MR) is 128 cm³/mol. The van der Waals surface area contributed by atoms with Crippen molar-refractivity contribution in [3.8, 4) is 0 Å². The summed E-state index contributed by atoms with van der Waals surface area (Å²) in [6.45, 7) is 0.329. The van der Waals surface area contributed by atoms with Gasteiger partial charge in [-0.15, -0.1) is 0 Å². The summed E-state index contributed by atoms with van der Waals surface area (Å²) in [6, 6.07) is 17.3. The third kappa shape index (κ3) is 5.77. The lowest BCUT2D eigenvalue weighted by Gasteiger charge is -2.30. The molecule has 2 aromatic carbocycles. The minimum atomic E-state index is -0.157. The van der Waals surface area contributed by atoms with E-state index < -0.39 is 0 Å². The van der Waals surface area contributed by atoms with Crippen LogP contribution in [-0.4, -0.2) is 35.4 Å². The van der Waals surface area contributed by atoms with E-state index in [0.29, 0.717) is 23.2 Å². The number of hydrogen-bond acceptors (Lipinski definition) is 4. The molecule has 0 saturated heterocycles. The summed E-state index contributed by atoms with van der Waals surface area (Å²) >= 11 is 6.08. The Hall–Kier alpha value is -3.12. The number of fused-ring (bicyclic) bond motifs is 1. The Morgan fingerprint density at radius 1 is 0.969 bits per heavy atom. The highest BCUT2D eigenvalue weighted by Gasteiger charge is 2.22. The monoisotopic (exact) mass is 450 g/mol. The molecule has 1 saturated carbocycles. The molecule has 3 N–H and O–H groups in total. The number of halogens is 1. The largest absolute Gasteiger partial charge is 0.382 e. The summed E-state index contributed by atoms with van der Waals surface area (Å²) in [7, 11) is 0. The van der Waals surface area contributed by atoms with Crippen LogP contribution in [0, 0.1) is 0 Å². The number of benzene rings is 2. The maximum atomic E-state index is 12.3. The molecular formula is C25H27ClN4O2. The summed E-state index contributed by atoms with van der Waals surface area (Å²) in [5.74, 6) is -0.178. The van der Waals surface area contributed by atoms with Gasteiger partial charge in [-0.1, -0.05) is 29.8 Å². The molecule has 2 amide bonds. The number of rotatable bonds is 7. The Labute approximate surface area is 192 Å². The standard InChI is InChI=1S/C25H27ClN4O2/c26-18-6-11-21-22(12-14-27-23(21)16-18)29-19-7-9-20(10-8-19)30-24(31)13-15-28-25(32)17-4-2-1-3-5-17/h1-6,11-12,14,16,19-20H,7-10,13,15H2,(H,27,29)(H,28,32)(H,30,31)/t19-,20+. The van der Waals surface area contributed by atoms with Gasteiger partial charge in [0.25, 0.3) is 5.91 Å². The quantitative estimate of drug-likeness (QED) is 0.493. The van der Waals surface area contributed by atoms with Crippen LogP contribution in [0.1, 0.15) is 42.5 Å². The van der Waals surface area contributed by atoms with Gasteiger partial charge in [0.15, 0.2) is 0 Å². The number of amides is 2. The fraction of sp³-hybridized carbons (Fsp3) is 0.320. The summed E-state index contributed by atoms with van der Waals surface area (Å²) < 4.78 is 0. The average Bonchev–Trinajstić information content (AvgIpc) is 2.81. The van der Waals surface area contributed by atoms with Gasteiger partial charge in [0.2, 0.25) is 5.91 Å². The molecule has 3 aromatic rings. The Morgan fingerprint density at radius 2 is 1.72 bits per heavy atom. The highest BCUT2D eigenvalue weighted by atomic mass is 35.5.